The van der Waals surface area contributed by atoms with Gasteiger partial charge in [0.05, 0.1) is 0 Å². The van der Waals surface area contributed by atoms with Gasteiger partial charge in [-0.25, -0.2) is 14.5 Å². The van der Waals surface area contributed by atoms with Crippen molar-refractivity contribution in [1.29, 1.82) is 0 Å². The predicted octanol–water partition coefficient (Wildman–Crippen LogP) is 2.65. The highest BCUT2D eigenvalue weighted by molar-refractivity contribution is 5.86. The lowest BCUT2D eigenvalue weighted by Gasteiger charge is -2.17. The molecule has 2 amide bonds. The molecule has 0 fully saturated rings. The molecule has 0 spiro atoms. The number of pyridine rings is 1. The van der Waals surface area contributed by atoms with Crippen LogP contribution in [0.4, 0.5) is 9.59 Å². The van der Waals surface area contributed by atoms with E-state index >= 15 is 0 Å². The summed E-state index contributed by atoms with van der Waals surface area (Å²) < 4.78 is 5.00. The number of nitrogens with zero attached hydrogens (tertiary/aromatic N) is 2. The topological polar surface area (TPSA) is 100.0 Å². The summed E-state index contributed by atoms with van der Waals surface area (Å²) in [7, 11) is 0. The van der Waals surface area contributed by atoms with E-state index in [1.165, 1.54) is 12.1 Å². The van der Waals surface area contributed by atoms with Crippen LogP contribution in [0.5, 0.6) is 5.75 Å². The molecule has 1 aromatic heterocycles. The van der Waals surface area contributed by atoms with E-state index in [1.54, 1.807) is 36.7 Å². The number of rotatable bonds is 5. The Morgan fingerprint density at radius 3 is 2.30 bits per heavy atom. The number of amides is 2. The van der Waals surface area contributed by atoms with Crippen LogP contribution in [0, 0.1) is 0 Å². The van der Waals surface area contributed by atoms with Gasteiger partial charge in [-0.3, -0.25) is 4.98 Å². The molecule has 0 saturated heterocycles. The number of carbonyl (C=O) groups is 2. The molecule has 1 heterocycles. The highest BCUT2D eigenvalue weighted by Crippen LogP contribution is 2.11. The quantitative estimate of drug-likeness (QED) is 0.879. The van der Waals surface area contributed by atoms with E-state index < -0.39 is 12.2 Å². The number of phenols is 1. The van der Waals surface area contributed by atoms with Crippen molar-refractivity contribution < 1.29 is 24.5 Å². The maximum absolute atomic E-state index is 11.9. The summed E-state index contributed by atoms with van der Waals surface area (Å²) in [5, 5.41) is 18.3. The first-order chi connectivity index (χ1) is 11.1. The minimum Gasteiger partial charge on any atom is -0.508 e. The van der Waals surface area contributed by atoms with Crippen LogP contribution in [0.25, 0.3) is 0 Å². The maximum Gasteiger partial charge on any atom is 0.419 e. The van der Waals surface area contributed by atoms with Crippen LogP contribution in [-0.4, -0.2) is 38.8 Å². The molecule has 0 radical (unpaired) electrons. The van der Waals surface area contributed by atoms with Crippen LogP contribution < -0.4 is 0 Å². The van der Waals surface area contributed by atoms with Crippen molar-refractivity contribution in [2.45, 2.75) is 13.0 Å². The van der Waals surface area contributed by atoms with E-state index in [4.69, 9.17) is 9.84 Å². The molecule has 2 rings (SSSR count). The monoisotopic (exact) mass is 316 g/mol. The molecular formula is C16H16N2O5. The third kappa shape index (κ3) is 4.99. The number of hydrogen-bond donors (Lipinski definition) is 2. The highest BCUT2D eigenvalue weighted by atomic mass is 16.6. The molecule has 0 aliphatic rings. The van der Waals surface area contributed by atoms with Gasteiger partial charge in [-0.15, -0.1) is 0 Å². The molecule has 0 aliphatic carbocycles. The lowest BCUT2D eigenvalue weighted by Crippen LogP contribution is -2.37. The van der Waals surface area contributed by atoms with E-state index in [1.807, 2.05) is 0 Å². The van der Waals surface area contributed by atoms with Crippen LogP contribution in [0.2, 0.25) is 0 Å². The average Bonchev–Trinajstić information content (AvgIpc) is 2.55. The molecule has 2 aromatic rings. The van der Waals surface area contributed by atoms with Gasteiger partial charge in [-0.05, 0) is 41.8 Å². The molecule has 0 saturated carbocycles. The van der Waals surface area contributed by atoms with Crippen LogP contribution >= 0.6 is 0 Å². The number of phenolic OH excluding ortho intramolecular Hbond substituents is 1. The maximum atomic E-state index is 11.9. The number of hydrogen-bond acceptors (Lipinski definition) is 5. The number of aromatic nitrogens is 1. The zero-order valence-electron chi connectivity index (χ0n) is 12.3. The summed E-state index contributed by atoms with van der Waals surface area (Å²) in [5.41, 5.74) is 1.52. The zero-order chi connectivity index (χ0) is 16.7. The van der Waals surface area contributed by atoms with Crippen molar-refractivity contribution in [3.05, 3.63) is 59.9 Å². The first-order valence-corrected chi connectivity index (χ1v) is 6.90. The molecule has 0 unspecified atom stereocenters. The van der Waals surface area contributed by atoms with E-state index in [0.717, 1.165) is 11.1 Å². The number of aromatic hydroxyl groups is 1. The molecule has 120 valence electrons. The summed E-state index contributed by atoms with van der Waals surface area (Å²) in [6.45, 7) is -0.0559. The molecule has 0 atom stereocenters. The number of benzene rings is 1. The van der Waals surface area contributed by atoms with E-state index in [2.05, 4.69) is 4.98 Å². The number of ether oxygens (including phenoxy) is 1. The Labute approximate surface area is 132 Å². The average molecular weight is 316 g/mol. The van der Waals surface area contributed by atoms with Crippen molar-refractivity contribution >= 4 is 12.2 Å². The minimum atomic E-state index is -1.37. The summed E-state index contributed by atoms with van der Waals surface area (Å²) in [4.78, 5) is 27.6. The van der Waals surface area contributed by atoms with Crippen LogP contribution in [0.3, 0.4) is 0 Å². The third-order valence-corrected chi connectivity index (χ3v) is 3.12. The summed E-state index contributed by atoms with van der Waals surface area (Å²) >= 11 is 0. The van der Waals surface area contributed by atoms with Gasteiger partial charge in [-0.2, -0.15) is 0 Å². The Morgan fingerprint density at radius 1 is 1.04 bits per heavy atom. The number of carbonyl (C=O) groups excluding carboxylic acids is 1. The molecule has 2 N–H and O–H groups in total. The Kier molecular flexibility index (Phi) is 5.51. The van der Waals surface area contributed by atoms with Gasteiger partial charge in [0.25, 0.3) is 0 Å². The first kappa shape index (κ1) is 16.3. The van der Waals surface area contributed by atoms with Gasteiger partial charge in [0.15, 0.2) is 0 Å². The first-order valence-electron chi connectivity index (χ1n) is 6.90. The molecule has 0 bridgehead atoms. The summed E-state index contributed by atoms with van der Waals surface area (Å²) in [6, 6.07) is 9.68. The van der Waals surface area contributed by atoms with Crippen molar-refractivity contribution in [1.82, 2.24) is 9.88 Å². The normalized spacial score (nSPS) is 10.1. The Hall–Kier alpha value is -3.09. The van der Waals surface area contributed by atoms with Gasteiger partial charge in [0.1, 0.15) is 12.4 Å². The number of imide groups is 1. The fraction of sp³-hybridized carbons (Fsp3) is 0.188. The highest BCUT2D eigenvalue weighted by Gasteiger charge is 2.22. The zero-order valence-corrected chi connectivity index (χ0v) is 12.3. The third-order valence-electron chi connectivity index (χ3n) is 3.12. The molecule has 1 aromatic carbocycles. The van der Waals surface area contributed by atoms with Crippen molar-refractivity contribution in [3.8, 4) is 5.75 Å². The van der Waals surface area contributed by atoms with E-state index in [-0.39, 0.29) is 18.9 Å². The second kappa shape index (κ2) is 7.79. The van der Waals surface area contributed by atoms with E-state index in [0.29, 0.717) is 11.3 Å². The second-order valence-electron chi connectivity index (χ2n) is 4.76. The SMILES string of the molecule is O=C(O)N(CCc1ccc(O)cc1)C(=O)OCc1ccncc1. The van der Waals surface area contributed by atoms with E-state index in [9.17, 15) is 14.7 Å². The van der Waals surface area contributed by atoms with Crippen LogP contribution in [0.15, 0.2) is 48.8 Å². The van der Waals surface area contributed by atoms with Gasteiger partial charge in [-0.1, -0.05) is 12.1 Å². The summed E-state index contributed by atoms with van der Waals surface area (Å²) in [6.07, 6.45) is 1.15. The molecule has 0 aliphatic heterocycles. The minimum absolute atomic E-state index is 0.0235. The van der Waals surface area contributed by atoms with Crippen LogP contribution in [0.1, 0.15) is 11.1 Å². The second-order valence-corrected chi connectivity index (χ2v) is 4.76. The van der Waals surface area contributed by atoms with Crippen molar-refractivity contribution in [3.63, 3.8) is 0 Å². The van der Waals surface area contributed by atoms with Crippen molar-refractivity contribution in [2.75, 3.05) is 6.54 Å². The molecule has 7 heteroatoms. The van der Waals surface area contributed by atoms with Gasteiger partial charge in [0.2, 0.25) is 0 Å². The number of carboxylic acid groups (broad SMARTS) is 1. The van der Waals surface area contributed by atoms with Crippen molar-refractivity contribution in [2.24, 2.45) is 0 Å². The fourth-order valence-electron chi connectivity index (χ4n) is 1.87. The standard InChI is InChI=1S/C16H16N2O5/c19-14-3-1-12(2-4-14)7-10-18(15(20)21)16(22)23-11-13-5-8-17-9-6-13/h1-6,8-9,19H,7,10-11H2,(H,20,21). The lowest BCUT2D eigenvalue weighted by molar-refractivity contribution is 0.0900. The predicted molar refractivity (Wildman–Crippen MR) is 81.0 cm³/mol. The Balaban J connectivity index is 1.90. The van der Waals surface area contributed by atoms with Crippen LogP contribution in [-0.2, 0) is 17.8 Å². The van der Waals surface area contributed by atoms with Gasteiger partial charge in [0, 0.05) is 18.9 Å². The lowest BCUT2D eigenvalue weighted by atomic mass is 10.1. The smallest absolute Gasteiger partial charge is 0.419 e. The van der Waals surface area contributed by atoms with Gasteiger partial charge < -0.3 is 14.9 Å². The fourth-order valence-corrected chi connectivity index (χ4v) is 1.87. The Morgan fingerprint density at radius 2 is 1.70 bits per heavy atom. The largest absolute Gasteiger partial charge is 0.508 e. The van der Waals surface area contributed by atoms with Gasteiger partial charge >= 0.3 is 12.2 Å². The summed E-state index contributed by atoms with van der Waals surface area (Å²) in [5.74, 6) is 0.126. The molecular weight excluding hydrogens is 300 g/mol. The molecule has 23 heavy (non-hydrogen) atoms. The molecule has 7 nitrogen and oxygen atoms in total. The Bertz CT molecular complexity index is 658.